The van der Waals surface area contributed by atoms with Gasteiger partial charge in [-0.3, -0.25) is 4.90 Å². The van der Waals surface area contributed by atoms with Crippen molar-refractivity contribution in [3.8, 4) is 0 Å². The number of amides is 3. The van der Waals surface area contributed by atoms with Crippen molar-refractivity contribution < 1.29 is 19.1 Å². The minimum Gasteiger partial charge on any atom is -0.444 e. The molecule has 7 nitrogen and oxygen atoms in total. The number of rotatable bonds is 3. The van der Waals surface area contributed by atoms with Gasteiger partial charge >= 0.3 is 12.1 Å². The van der Waals surface area contributed by atoms with E-state index in [9.17, 15) is 9.59 Å². The minimum absolute atomic E-state index is 0.0469. The van der Waals surface area contributed by atoms with Crippen molar-refractivity contribution in [2.75, 3.05) is 6.54 Å². The van der Waals surface area contributed by atoms with Gasteiger partial charge in [0.2, 0.25) is 0 Å². The first-order valence-electron chi connectivity index (χ1n) is 8.08. The lowest BCUT2D eigenvalue weighted by Crippen LogP contribution is -2.54. The average molecular weight is 329 g/mol. The zero-order chi connectivity index (χ0) is 18.0. The first-order valence-corrected chi connectivity index (χ1v) is 8.08. The van der Waals surface area contributed by atoms with E-state index >= 15 is 0 Å². The quantitative estimate of drug-likeness (QED) is 0.833. The highest BCUT2D eigenvalue weighted by Gasteiger charge is 2.49. The number of hydrogen-bond donors (Lipinski definition) is 2. The smallest absolute Gasteiger partial charge is 0.412 e. The third-order valence-corrected chi connectivity index (χ3v) is 3.41. The fourth-order valence-electron chi connectivity index (χ4n) is 2.63. The summed E-state index contributed by atoms with van der Waals surface area (Å²) in [6.07, 6.45) is -0.653. The predicted molar refractivity (Wildman–Crippen MR) is 88.2 cm³/mol. The molecule has 0 radical (unpaired) electrons. The van der Waals surface area contributed by atoms with Crippen LogP contribution in [0.3, 0.4) is 0 Å². The normalized spacial score (nSPS) is 23.8. The molecular formula is C16H31N3O4. The number of ether oxygens (including phenoxy) is 2. The Morgan fingerprint density at radius 2 is 1.87 bits per heavy atom. The van der Waals surface area contributed by atoms with Crippen LogP contribution >= 0.6 is 0 Å². The van der Waals surface area contributed by atoms with E-state index < -0.39 is 17.4 Å². The van der Waals surface area contributed by atoms with Gasteiger partial charge in [0.15, 0.2) is 0 Å². The van der Waals surface area contributed by atoms with Gasteiger partial charge in [0.05, 0.1) is 12.1 Å². The lowest BCUT2D eigenvalue weighted by molar-refractivity contribution is -0.0756. The molecule has 1 fully saturated rings. The molecule has 1 saturated heterocycles. The molecule has 0 spiro atoms. The summed E-state index contributed by atoms with van der Waals surface area (Å²) in [6.45, 7) is 15.1. The van der Waals surface area contributed by atoms with Crippen molar-refractivity contribution in [3.05, 3.63) is 0 Å². The second-order valence-electron chi connectivity index (χ2n) is 7.70. The lowest BCUT2D eigenvalue weighted by atomic mass is 10.1. The summed E-state index contributed by atoms with van der Waals surface area (Å²) in [5, 5.41) is 5.55. The van der Waals surface area contributed by atoms with Crippen LogP contribution in [0.4, 0.5) is 9.59 Å². The van der Waals surface area contributed by atoms with Gasteiger partial charge < -0.3 is 20.1 Å². The monoisotopic (exact) mass is 329 g/mol. The average Bonchev–Trinajstić information content (AvgIpc) is 2.52. The Hall–Kier alpha value is -1.50. The summed E-state index contributed by atoms with van der Waals surface area (Å²) >= 11 is 0. The third-order valence-electron chi connectivity index (χ3n) is 3.41. The maximum Gasteiger partial charge on any atom is 0.412 e. The van der Waals surface area contributed by atoms with Crippen molar-refractivity contribution in [1.82, 2.24) is 15.5 Å². The van der Waals surface area contributed by atoms with Crippen molar-refractivity contribution >= 4 is 12.1 Å². The van der Waals surface area contributed by atoms with Crippen LogP contribution in [0.5, 0.6) is 0 Å². The number of urea groups is 1. The Labute approximate surface area is 139 Å². The zero-order valence-electron chi connectivity index (χ0n) is 15.5. The largest absolute Gasteiger partial charge is 0.444 e. The van der Waals surface area contributed by atoms with Gasteiger partial charge in [-0.25, -0.2) is 9.59 Å². The second kappa shape index (κ2) is 6.95. The predicted octanol–water partition coefficient (Wildman–Crippen LogP) is 2.45. The lowest BCUT2D eigenvalue weighted by Gasteiger charge is -2.35. The van der Waals surface area contributed by atoms with Crippen LogP contribution in [0, 0.1) is 0 Å². The summed E-state index contributed by atoms with van der Waals surface area (Å²) in [4.78, 5) is 25.9. The summed E-state index contributed by atoms with van der Waals surface area (Å²) in [5.41, 5.74) is -1.38. The van der Waals surface area contributed by atoms with Gasteiger partial charge in [-0.05, 0) is 55.4 Å². The molecule has 1 rings (SSSR count). The fraction of sp³-hybridized carbons (Fsp3) is 0.875. The highest BCUT2D eigenvalue weighted by Crippen LogP contribution is 2.33. The molecule has 0 aromatic heterocycles. The van der Waals surface area contributed by atoms with E-state index in [1.54, 1.807) is 4.90 Å². The third kappa shape index (κ3) is 5.57. The molecule has 0 aliphatic carbocycles. The summed E-state index contributed by atoms with van der Waals surface area (Å²) < 4.78 is 11.4. The number of carbonyl (C=O) groups excluding carboxylic acids is 2. The van der Waals surface area contributed by atoms with Crippen molar-refractivity contribution in [3.63, 3.8) is 0 Å². The Morgan fingerprint density at radius 3 is 2.35 bits per heavy atom. The molecule has 0 bridgehead atoms. The summed E-state index contributed by atoms with van der Waals surface area (Å²) in [5.74, 6) is 0. The van der Waals surface area contributed by atoms with E-state index in [0.717, 1.165) is 0 Å². The molecule has 0 saturated carbocycles. The number of nitrogens with zero attached hydrogens (tertiary/aromatic N) is 1. The van der Waals surface area contributed by atoms with E-state index in [0.29, 0.717) is 6.54 Å². The standard InChI is InChI=1S/C16H31N3O4/c1-10(2)18-13(20)17-9-12-11(3)22-16(7,8)19(12)14(21)23-15(4,5)6/h10-12H,9H2,1-8H3,(H2,17,18,20)/t11-,12-/m1/s1. The number of carbonyl (C=O) groups is 2. The maximum atomic E-state index is 12.6. The molecule has 7 heteroatoms. The van der Waals surface area contributed by atoms with Gasteiger partial charge in [0.1, 0.15) is 11.3 Å². The highest BCUT2D eigenvalue weighted by atomic mass is 16.6. The fourth-order valence-corrected chi connectivity index (χ4v) is 2.63. The Kier molecular flexibility index (Phi) is 5.90. The molecule has 23 heavy (non-hydrogen) atoms. The van der Waals surface area contributed by atoms with Gasteiger partial charge in [0.25, 0.3) is 0 Å². The zero-order valence-corrected chi connectivity index (χ0v) is 15.5. The molecule has 3 amide bonds. The molecular weight excluding hydrogens is 298 g/mol. The molecule has 1 aliphatic heterocycles. The van der Waals surface area contributed by atoms with Crippen LogP contribution in [0.1, 0.15) is 55.4 Å². The SMILES string of the molecule is CC(C)NC(=O)NC[C@@H]1[C@@H](C)OC(C)(C)N1C(=O)OC(C)(C)C. The van der Waals surface area contributed by atoms with Crippen LogP contribution in [0.15, 0.2) is 0 Å². The topological polar surface area (TPSA) is 79.9 Å². The van der Waals surface area contributed by atoms with Crippen LogP contribution in [0.2, 0.25) is 0 Å². The first-order chi connectivity index (χ1) is 10.3. The maximum absolute atomic E-state index is 12.6. The van der Waals surface area contributed by atoms with E-state index in [1.807, 2.05) is 55.4 Å². The number of hydrogen-bond acceptors (Lipinski definition) is 4. The van der Waals surface area contributed by atoms with Gasteiger partial charge in [-0.2, -0.15) is 0 Å². The highest BCUT2D eigenvalue weighted by molar-refractivity contribution is 5.74. The molecule has 1 heterocycles. The van der Waals surface area contributed by atoms with Crippen LogP contribution in [-0.2, 0) is 9.47 Å². The minimum atomic E-state index is -0.789. The molecule has 2 N–H and O–H groups in total. The van der Waals surface area contributed by atoms with Crippen LogP contribution in [0.25, 0.3) is 0 Å². The van der Waals surface area contributed by atoms with Crippen molar-refractivity contribution in [2.24, 2.45) is 0 Å². The van der Waals surface area contributed by atoms with Crippen LogP contribution in [-0.4, -0.2) is 53.1 Å². The van der Waals surface area contributed by atoms with E-state index in [2.05, 4.69) is 10.6 Å². The van der Waals surface area contributed by atoms with Gasteiger partial charge in [-0.15, -0.1) is 0 Å². The summed E-state index contributed by atoms with van der Waals surface area (Å²) in [6, 6.07) is -0.510. The molecule has 1 aliphatic rings. The number of nitrogens with one attached hydrogen (secondary N) is 2. The van der Waals surface area contributed by atoms with Crippen molar-refractivity contribution in [1.29, 1.82) is 0 Å². The van der Waals surface area contributed by atoms with Crippen LogP contribution < -0.4 is 10.6 Å². The molecule has 134 valence electrons. The Bertz CT molecular complexity index is 443. The molecule has 0 aromatic carbocycles. The van der Waals surface area contributed by atoms with Gasteiger partial charge in [-0.1, -0.05) is 0 Å². The van der Waals surface area contributed by atoms with E-state index in [4.69, 9.17) is 9.47 Å². The molecule has 2 atom stereocenters. The van der Waals surface area contributed by atoms with Crippen molar-refractivity contribution in [2.45, 2.75) is 84.9 Å². The van der Waals surface area contributed by atoms with Gasteiger partial charge in [0, 0.05) is 12.6 Å². The summed E-state index contributed by atoms with van der Waals surface area (Å²) in [7, 11) is 0. The second-order valence-corrected chi connectivity index (χ2v) is 7.70. The molecule has 0 unspecified atom stereocenters. The first kappa shape index (κ1) is 19.5. The van der Waals surface area contributed by atoms with E-state index in [1.165, 1.54) is 0 Å². The Balaban J connectivity index is 2.81. The molecule has 0 aromatic rings. The Morgan fingerprint density at radius 1 is 1.30 bits per heavy atom. The van der Waals surface area contributed by atoms with E-state index in [-0.39, 0.29) is 24.2 Å².